The van der Waals surface area contributed by atoms with Crippen LogP contribution in [0.4, 0.5) is 15.8 Å². The summed E-state index contributed by atoms with van der Waals surface area (Å²) in [6, 6.07) is 18.9. The van der Waals surface area contributed by atoms with Crippen LogP contribution in [0.2, 0.25) is 0 Å². The number of hydrogen-bond acceptors (Lipinski definition) is 5. The van der Waals surface area contributed by atoms with Gasteiger partial charge in [0.15, 0.2) is 10.7 Å². The highest BCUT2D eigenvalue weighted by atomic mass is 32.1. The predicted octanol–water partition coefficient (Wildman–Crippen LogP) is 5.61. The molecule has 0 aliphatic rings. The maximum Gasteiger partial charge on any atom is 0.257 e. The zero-order valence-corrected chi connectivity index (χ0v) is 19.1. The standard InChI is InChI=1S/C25H23FN4O2S/c1-3-30(4-2)20-11-8-16(9-12-20)24-28-21-15-19(10-13-22(21)32-24)27-25(33)29-23(31)17-6-5-7-18(26)14-17/h5-15H,3-4H2,1-2H3,(H2,27,29,31,33). The van der Waals surface area contributed by atoms with Gasteiger partial charge in [0.25, 0.3) is 5.91 Å². The molecule has 6 nitrogen and oxygen atoms in total. The number of oxazole rings is 1. The first-order chi connectivity index (χ1) is 16.0. The first-order valence-corrected chi connectivity index (χ1v) is 11.0. The highest BCUT2D eigenvalue weighted by Crippen LogP contribution is 2.28. The molecule has 0 radical (unpaired) electrons. The molecule has 4 aromatic rings. The number of carbonyl (C=O) groups is 1. The van der Waals surface area contributed by atoms with Gasteiger partial charge in [0.2, 0.25) is 5.89 Å². The van der Waals surface area contributed by atoms with Gasteiger partial charge in [-0.05, 0) is 86.7 Å². The van der Waals surface area contributed by atoms with E-state index < -0.39 is 11.7 Å². The Morgan fingerprint density at radius 3 is 2.52 bits per heavy atom. The van der Waals surface area contributed by atoms with Gasteiger partial charge < -0.3 is 14.6 Å². The number of nitrogens with one attached hydrogen (secondary N) is 2. The third-order valence-corrected chi connectivity index (χ3v) is 5.41. The van der Waals surface area contributed by atoms with Gasteiger partial charge in [0, 0.05) is 35.6 Å². The van der Waals surface area contributed by atoms with Crippen LogP contribution in [0.25, 0.3) is 22.6 Å². The molecule has 0 atom stereocenters. The summed E-state index contributed by atoms with van der Waals surface area (Å²) in [7, 11) is 0. The maximum absolute atomic E-state index is 13.3. The molecule has 2 N–H and O–H groups in total. The molecule has 4 rings (SSSR count). The van der Waals surface area contributed by atoms with Crippen molar-refractivity contribution in [1.82, 2.24) is 10.3 Å². The molecule has 0 fully saturated rings. The van der Waals surface area contributed by atoms with Gasteiger partial charge in [0.05, 0.1) is 0 Å². The molecular formula is C25H23FN4O2S. The molecular weight excluding hydrogens is 439 g/mol. The third-order valence-electron chi connectivity index (χ3n) is 5.20. The minimum Gasteiger partial charge on any atom is -0.436 e. The van der Waals surface area contributed by atoms with E-state index in [4.69, 9.17) is 16.6 Å². The van der Waals surface area contributed by atoms with Crippen molar-refractivity contribution in [2.75, 3.05) is 23.3 Å². The van der Waals surface area contributed by atoms with E-state index in [-0.39, 0.29) is 10.7 Å². The van der Waals surface area contributed by atoms with Gasteiger partial charge in [-0.25, -0.2) is 9.37 Å². The van der Waals surface area contributed by atoms with Gasteiger partial charge in [-0.3, -0.25) is 10.1 Å². The zero-order valence-electron chi connectivity index (χ0n) is 18.3. The number of anilines is 2. The number of fused-ring (bicyclic) bond motifs is 1. The topological polar surface area (TPSA) is 70.4 Å². The average Bonchev–Trinajstić information content (AvgIpc) is 3.23. The van der Waals surface area contributed by atoms with Gasteiger partial charge >= 0.3 is 0 Å². The lowest BCUT2D eigenvalue weighted by atomic mass is 10.2. The lowest BCUT2D eigenvalue weighted by Gasteiger charge is -2.20. The summed E-state index contributed by atoms with van der Waals surface area (Å²) in [6.07, 6.45) is 0. The van der Waals surface area contributed by atoms with Crippen LogP contribution in [-0.4, -0.2) is 29.1 Å². The van der Waals surface area contributed by atoms with E-state index in [1.807, 2.05) is 12.1 Å². The first kappa shape index (κ1) is 22.4. The minimum atomic E-state index is -0.495. The number of benzene rings is 3. The van der Waals surface area contributed by atoms with Gasteiger partial charge in [-0.2, -0.15) is 0 Å². The number of nitrogens with zero attached hydrogens (tertiary/aromatic N) is 2. The van der Waals surface area contributed by atoms with Crippen LogP contribution < -0.4 is 15.5 Å². The van der Waals surface area contributed by atoms with Gasteiger partial charge in [-0.15, -0.1) is 0 Å². The average molecular weight is 463 g/mol. The van der Waals surface area contributed by atoms with Crippen molar-refractivity contribution in [3.63, 3.8) is 0 Å². The molecule has 0 unspecified atom stereocenters. The highest BCUT2D eigenvalue weighted by Gasteiger charge is 2.12. The maximum atomic E-state index is 13.3. The van der Waals surface area contributed by atoms with Crippen LogP contribution in [-0.2, 0) is 0 Å². The van der Waals surface area contributed by atoms with Crippen LogP contribution in [0, 0.1) is 5.82 Å². The first-order valence-electron chi connectivity index (χ1n) is 10.6. The Balaban J connectivity index is 1.46. The van der Waals surface area contributed by atoms with E-state index in [1.54, 1.807) is 18.2 Å². The summed E-state index contributed by atoms with van der Waals surface area (Å²) in [6.45, 7) is 6.14. The molecule has 1 amide bonds. The highest BCUT2D eigenvalue weighted by molar-refractivity contribution is 7.80. The van der Waals surface area contributed by atoms with Crippen LogP contribution >= 0.6 is 12.2 Å². The molecule has 0 saturated carbocycles. The van der Waals surface area contributed by atoms with Crippen molar-refractivity contribution >= 4 is 45.7 Å². The second-order valence-electron chi connectivity index (χ2n) is 7.34. The van der Waals surface area contributed by atoms with E-state index in [9.17, 15) is 9.18 Å². The van der Waals surface area contributed by atoms with E-state index in [2.05, 4.69) is 46.5 Å². The Morgan fingerprint density at radius 1 is 1.06 bits per heavy atom. The number of rotatable bonds is 6. The zero-order chi connectivity index (χ0) is 23.4. The summed E-state index contributed by atoms with van der Waals surface area (Å²) < 4.78 is 19.2. The summed E-state index contributed by atoms with van der Waals surface area (Å²) in [5, 5.41) is 5.59. The fraction of sp³-hybridized carbons (Fsp3) is 0.160. The minimum absolute atomic E-state index is 0.0966. The fourth-order valence-electron chi connectivity index (χ4n) is 3.50. The number of halogens is 1. The van der Waals surface area contributed by atoms with Crippen molar-refractivity contribution in [3.05, 3.63) is 78.1 Å². The van der Waals surface area contributed by atoms with E-state index in [0.717, 1.165) is 30.4 Å². The lowest BCUT2D eigenvalue weighted by molar-refractivity contribution is 0.0977. The second-order valence-corrected chi connectivity index (χ2v) is 7.75. The van der Waals surface area contributed by atoms with Crippen molar-refractivity contribution in [2.24, 2.45) is 0 Å². The molecule has 0 bridgehead atoms. The number of hydrogen-bond donors (Lipinski definition) is 2. The largest absolute Gasteiger partial charge is 0.436 e. The number of aromatic nitrogens is 1. The second kappa shape index (κ2) is 9.79. The van der Waals surface area contributed by atoms with Crippen molar-refractivity contribution in [2.45, 2.75) is 13.8 Å². The summed E-state index contributed by atoms with van der Waals surface area (Å²) >= 11 is 5.22. The van der Waals surface area contributed by atoms with Crippen molar-refractivity contribution < 1.29 is 13.6 Å². The molecule has 8 heteroatoms. The number of thiocarbonyl (C=S) groups is 1. The number of amides is 1. The monoisotopic (exact) mass is 462 g/mol. The molecule has 0 saturated heterocycles. The Kier molecular flexibility index (Phi) is 6.65. The predicted molar refractivity (Wildman–Crippen MR) is 133 cm³/mol. The van der Waals surface area contributed by atoms with E-state index >= 15 is 0 Å². The summed E-state index contributed by atoms with van der Waals surface area (Å²) in [5.74, 6) is -0.461. The van der Waals surface area contributed by atoms with Crippen LogP contribution in [0.3, 0.4) is 0 Å². The van der Waals surface area contributed by atoms with E-state index in [1.165, 1.54) is 18.2 Å². The summed E-state index contributed by atoms with van der Waals surface area (Å²) in [5.41, 5.74) is 4.15. The van der Waals surface area contributed by atoms with Crippen molar-refractivity contribution in [1.29, 1.82) is 0 Å². The molecule has 0 aliphatic carbocycles. The summed E-state index contributed by atoms with van der Waals surface area (Å²) in [4.78, 5) is 19.1. The van der Waals surface area contributed by atoms with Gasteiger partial charge in [0.1, 0.15) is 11.3 Å². The quantitative estimate of drug-likeness (QED) is 0.363. The Labute approximate surface area is 196 Å². The lowest BCUT2D eigenvalue weighted by Crippen LogP contribution is -2.34. The van der Waals surface area contributed by atoms with Crippen LogP contribution in [0.1, 0.15) is 24.2 Å². The molecule has 33 heavy (non-hydrogen) atoms. The molecule has 3 aromatic carbocycles. The van der Waals surface area contributed by atoms with Crippen LogP contribution in [0.15, 0.2) is 71.1 Å². The molecule has 0 spiro atoms. The fourth-order valence-corrected chi connectivity index (χ4v) is 3.71. The SMILES string of the molecule is CCN(CC)c1ccc(-c2nc3cc(NC(=S)NC(=O)c4cccc(F)c4)ccc3o2)cc1. The van der Waals surface area contributed by atoms with Gasteiger partial charge in [-0.1, -0.05) is 6.07 Å². The molecule has 168 valence electrons. The van der Waals surface area contributed by atoms with Crippen LogP contribution in [0.5, 0.6) is 0 Å². The third kappa shape index (κ3) is 5.18. The Morgan fingerprint density at radius 2 is 1.82 bits per heavy atom. The Hall–Kier alpha value is -3.78. The number of carbonyl (C=O) groups excluding carboxylic acids is 1. The smallest absolute Gasteiger partial charge is 0.257 e. The van der Waals surface area contributed by atoms with E-state index in [0.29, 0.717) is 22.7 Å². The molecule has 1 heterocycles. The molecule has 1 aromatic heterocycles. The molecule has 0 aliphatic heterocycles. The van der Waals surface area contributed by atoms with Crippen molar-refractivity contribution in [3.8, 4) is 11.5 Å². The normalized spacial score (nSPS) is 10.8. The Bertz CT molecular complexity index is 1300.